The number of hydrogen-bond acceptors (Lipinski definition) is 5. The molecule has 1 aromatic heterocycles. The molecule has 0 radical (unpaired) electrons. The van der Waals surface area contributed by atoms with Crippen molar-refractivity contribution in [2.45, 2.75) is 0 Å². The molecule has 0 bridgehead atoms. The fourth-order valence-electron chi connectivity index (χ4n) is 1.63. The molecule has 2 heterocycles. The molecule has 0 spiro atoms. The SMILES string of the molecule is Nc1ncc(F)c(N2CCN(C=O)CC2)n1. The monoisotopic (exact) mass is 225 g/mol. The Kier molecular flexibility index (Phi) is 2.84. The van der Waals surface area contributed by atoms with Gasteiger partial charge in [0.05, 0.1) is 6.20 Å². The zero-order chi connectivity index (χ0) is 11.5. The molecule has 1 aromatic rings. The summed E-state index contributed by atoms with van der Waals surface area (Å²) in [5.41, 5.74) is 5.41. The average molecular weight is 225 g/mol. The molecule has 6 nitrogen and oxygen atoms in total. The molecule has 1 saturated heterocycles. The van der Waals surface area contributed by atoms with Crippen LogP contribution < -0.4 is 10.6 Å². The summed E-state index contributed by atoms with van der Waals surface area (Å²) in [5, 5.41) is 0. The average Bonchev–Trinajstić information content (AvgIpc) is 2.32. The zero-order valence-corrected chi connectivity index (χ0v) is 8.64. The van der Waals surface area contributed by atoms with Crippen LogP contribution in [-0.2, 0) is 4.79 Å². The lowest BCUT2D eigenvalue weighted by molar-refractivity contribution is -0.118. The lowest BCUT2D eigenvalue weighted by Crippen LogP contribution is -2.46. The number of nitrogens with zero attached hydrogens (tertiary/aromatic N) is 4. The normalized spacial score (nSPS) is 16.3. The fourth-order valence-corrected chi connectivity index (χ4v) is 1.63. The quantitative estimate of drug-likeness (QED) is 0.685. The molecule has 16 heavy (non-hydrogen) atoms. The highest BCUT2D eigenvalue weighted by Gasteiger charge is 2.19. The third-order valence-corrected chi connectivity index (χ3v) is 2.51. The van der Waals surface area contributed by atoms with Gasteiger partial charge in [-0.3, -0.25) is 4.79 Å². The Morgan fingerprint density at radius 2 is 2.06 bits per heavy atom. The van der Waals surface area contributed by atoms with E-state index in [1.807, 2.05) is 0 Å². The van der Waals surface area contributed by atoms with Gasteiger partial charge < -0.3 is 15.5 Å². The maximum absolute atomic E-state index is 13.4. The van der Waals surface area contributed by atoms with E-state index in [0.717, 1.165) is 12.6 Å². The van der Waals surface area contributed by atoms with Gasteiger partial charge in [-0.15, -0.1) is 0 Å². The van der Waals surface area contributed by atoms with Crippen LogP contribution in [0, 0.1) is 5.82 Å². The lowest BCUT2D eigenvalue weighted by Gasteiger charge is -2.33. The first-order chi connectivity index (χ1) is 7.70. The van der Waals surface area contributed by atoms with E-state index in [1.165, 1.54) is 0 Å². The summed E-state index contributed by atoms with van der Waals surface area (Å²) in [5.74, 6) is -0.235. The van der Waals surface area contributed by atoms with Gasteiger partial charge in [-0.2, -0.15) is 4.98 Å². The second-order valence-electron chi connectivity index (χ2n) is 3.53. The third-order valence-electron chi connectivity index (χ3n) is 2.51. The minimum absolute atomic E-state index is 0.0502. The van der Waals surface area contributed by atoms with Gasteiger partial charge in [0.2, 0.25) is 12.4 Å². The summed E-state index contributed by atoms with van der Waals surface area (Å²) in [4.78, 5) is 21.3. The van der Waals surface area contributed by atoms with Gasteiger partial charge in [0.15, 0.2) is 11.6 Å². The van der Waals surface area contributed by atoms with Crippen LogP contribution in [0.4, 0.5) is 16.2 Å². The Balaban J connectivity index is 2.13. The number of carbonyl (C=O) groups excluding carboxylic acids is 1. The fraction of sp³-hybridized carbons (Fsp3) is 0.444. The number of nitrogen functional groups attached to an aromatic ring is 1. The Hall–Kier alpha value is -1.92. The van der Waals surface area contributed by atoms with E-state index in [0.29, 0.717) is 26.2 Å². The van der Waals surface area contributed by atoms with Crippen molar-refractivity contribution in [1.29, 1.82) is 0 Å². The smallest absolute Gasteiger partial charge is 0.222 e. The second-order valence-corrected chi connectivity index (χ2v) is 3.53. The molecule has 0 unspecified atom stereocenters. The Morgan fingerprint density at radius 3 is 2.69 bits per heavy atom. The maximum Gasteiger partial charge on any atom is 0.222 e. The summed E-state index contributed by atoms with van der Waals surface area (Å²) >= 11 is 0. The molecule has 1 aliphatic rings. The molecule has 0 aliphatic carbocycles. The number of nitrogens with two attached hydrogens (primary N) is 1. The van der Waals surface area contributed by atoms with Gasteiger partial charge >= 0.3 is 0 Å². The van der Waals surface area contributed by atoms with E-state index in [-0.39, 0.29) is 11.8 Å². The van der Waals surface area contributed by atoms with Gasteiger partial charge in [-0.1, -0.05) is 0 Å². The van der Waals surface area contributed by atoms with Crippen LogP contribution in [0.15, 0.2) is 6.20 Å². The Bertz CT molecular complexity index is 391. The van der Waals surface area contributed by atoms with Crippen LogP contribution in [0.5, 0.6) is 0 Å². The molecule has 1 amide bonds. The first kappa shape index (κ1) is 10.6. The van der Waals surface area contributed by atoms with E-state index in [9.17, 15) is 9.18 Å². The van der Waals surface area contributed by atoms with E-state index in [2.05, 4.69) is 9.97 Å². The third kappa shape index (κ3) is 2.02. The van der Waals surface area contributed by atoms with Crippen molar-refractivity contribution in [3.63, 3.8) is 0 Å². The van der Waals surface area contributed by atoms with Gasteiger partial charge in [0.1, 0.15) is 0 Å². The molecule has 0 atom stereocenters. The van der Waals surface area contributed by atoms with Crippen molar-refractivity contribution in [1.82, 2.24) is 14.9 Å². The highest BCUT2D eigenvalue weighted by Crippen LogP contribution is 2.17. The minimum atomic E-state index is -0.492. The van der Waals surface area contributed by atoms with E-state index < -0.39 is 5.82 Å². The van der Waals surface area contributed by atoms with Gasteiger partial charge in [0, 0.05) is 26.2 Å². The Morgan fingerprint density at radius 1 is 1.38 bits per heavy atom. The minimum Gasteiger partial charge on any atom is -0.368 e. The van der Waals surface area contributed by atoms with Crippen molar-refractivity contribution in [3.8, 4) is 0 Å². The number of rotatable bonds is 2. The first-order valence-electron chi connectivity index (χ1n) is 4.93. The summed E-state index contributed by atoms with van der Waals surface area (Å²) in [6.45, 7) is 2.22. The summed E-state index contributed by atoms with van der Waals surface area (Å²) < 4.78 is 13.4. The molecular weight excluding hydrogens is 213 g/mol. The van der Waals surface area contributed by atoms with Crippen molar-refractivity contribution < 1.29 is 9.18 Å². The van der Waals surface area contributed by atoms with Crippen molar-refractivity contribution >= 4 is 18.2 Å². The molecule has 1 fully saturated rings. The molecule has 0 aromatic carbocycles. The lowest BCUT2D eigenvalue weighted by atomic mass is 10.3. The topological polar surface area (TPSA) is 75.3 Å². The molecule has 86 valence electrons. The van der Waals surface area contributed by atoms with Crippen LogP contribution in [0.3, 0.4) is 0 Å². The van der Waals surface area contributed by atoms with Crippen molar-refractivity contribution in [2.75, 3.05) is 36.8 Å². The molecule has 2 N–H and O–H groups in total. The highest BCUT2D eigenvalue weighted by molar-refractivity contribution is 5.49. The second kappa shape index (κ2) is 4.30. The number of amides is 1. The molecular formula is C9H12FN5O. The summed E-state index contributed by atoms with van der Waals surface area (Å²) in [6.07, 6.45) is 1.85. The van der Waals surface area contributed by atoms with Crippen LogP contribution in [0.2, 0.25) is 0 Å². The summed E-state index contributed by atoms with van der Waals surface area (Å²) in [6, 6.07) is 0. The number of aromatic nitrogens is 2. The first-order valence-corrected chi connectivity index (χ1v) is 4.93. The van der Waals surface area contributed by atoms with Gasteiger partial charge in [-0.05, 0) is 0 Å². The van der Waals surface area contributed by atoms with Crippen LogP contribution >= 0.6 is 0 Å². The molecule has 7 heteroatoms. The van der Waals surface area contributed by atoms with E-state index >= 15 is 0 Å². The number of anilines is 2. The number of piperazine rings is 1. The van der Waals surface area contributed by atoms with Crippen molar-refractivity contribution in [3.05, 3.63) is 12.0 Å². The van der Waals surface area contributed by atoms with Gasteiger partial charge in [-0.25, -0.2) is 9.37 Å². The highest BCUT2D eigenvalue weighted by atomic mass is 19.1. The standard InChI is InChI=1S/C9H12FN5O/c10-7-5-12-9(11)13-8(7)15-3-1-14(6-16)2-4-15/h5-6H,1-4H2,(H2,11,12,13). The zero-order valence-electron chi connectivity index (χ0n) is 8.64. The predicted molar refractivity (Wildman–Crippen MR) is 56.3 cm³/mol. The number of hydrogen-bond donors (Lipinski definition) is 1. The van der Waals surface area contributed by atoms with Gasteiger partial charge in [0.25, 0.3) is 0 Å². The molecule has 0 saturated carbocycles. The van der Waals surface area contributed by atoms with Crippen LogP contribution in [-0.4, -0.2) is 47.5 Å². The van der Waals surface area contributed by atoms with Crippen LogP contribution in [0.25, 0.3) is 0 Å². The van der Waals surface area contributed by atoms with Crippen LogP contribution in [0.1, 0.15) is 0 Å². The summed E-state index contributed by atoms with van der Waals surface area (Å²) in [7, 11) is 0. The number of carbonyl (C=O) groups is 1. The Labute approximate surface area is 91.9 Å². The predicted octanol–water partition coefficient (Wildman–Crippen LogP) is -0.524. The molecule has 2 rings (SSSR count). The largest absolute Gasteiger partial charge is 0.368 e. The van der Waals surface area contributed by atoms with Crippen molar-refractivity contribution in [2.24, 2.45) is 0 Å². The maximum atomic E-state index is 13.4. The molecule has 1 aliphatic heterocycles. The van der Waals surface area contributed by atoms with E-state index in [4.69, 9.17) is 5.73 Å². The van der Waals surface area contributed by atoms with E-state index in [1.54, 1.807) is 9.80 Å². The number of halogens is 1.